The molecule has 0 radical (unpaired) electrons. The summed E-state index contributed by atoms with van der Waals surface area (Å²) in [5.41, 5.74) is 0.735. The van der Waals surface area contributed by atoms with Crippen LogP contribution in [0.5, 0.6) is 11.5 Å². The third-order valence-electron chi connectivity index (χ3n) is 4.27. The second-order valence-corrected chi connectivity index (χ2v) is 6.58. The molecule has 0 aliphatic rings. The van der Waals surface area contributed by atoms with Crippen molar-refractivity contribution in [3.8, 4) is 11.5 Å². The minimum absolute atomic E-state index is 0.177. The Morgan fingerprint density at radius 2 is 1.50 bits per heavy atom. The molecule has 0 spiro atoms. The molecule has 0 amide bonds. The summed E-state index contributed by atoms with van der Waals surface area (Å²) in [5.74, 6) is 0.444. The summed E-state index contributed by atoms with van der Waals surface area (Å²) in [5, 5.41) is 0. The highest BCUT2D eigenvalue weighted by atomic mass is 16.5. The lowest BCUT2D eigenvalue weighted by Gasteiger charge is -2.20. The first kappa shape index (κ1) is 19.5. The minimum Gasteiger partial charge on any atom is -0.497 e. The monoisotopic (exact) mass is 356 g/mol. The maximum absolute atomic E-state index is 12.2. The van der Waals surface area contributed by atoms with E-state index in [1.165, 1.54) is 0 Å². The number of methoxy groups -OCH3 is 1. The van der Waals surface area contributed by atoms with E-state index in [2.05, 4.69) is 0 Å². The predicted molar refractivity (Wildman–Crippen MR) is 98.3 cm³/mol. The lowest BCUT2D eigenvalue weighted by Crippen LogP contribution is -2.25. The van der Waals surface area contributed by atoms with Crippen LogP contribution in [-0.4, -0.2) is 19.0 Å². The Morgan fingerprint density at radius 1 is 0.923 bits per heavy atom. The molecule has 0 fully saturated rings. The van der Waals surface area contributed by atoms with Gasteiger partial charge >= 0.3 is 11.9 Å². The van der Waals surface area contributed by atoms with Gasteiger partial charge in [0.05, 0.1) is 18.1 Å². The molecule has 0 heterocycles. The smallest absolute Gasteiger partial charge is 0.343 e. The number of carbonyl (C=O) groups is 2. The molecule has 0 saturated heterocycles. The van der Waals surface area contributed by atoms with E-state index in [0.717, 1.165) is 5.56 Å². The number of esters is 2. The maximum Gasteiger partial charge on any atom is 0.343 e. The van der Waals surface area contributed by atoms with E-state index in [-0.39, 0.29) is 12.6 Å². The second kappa shape index (κ2) is 8.52. The Kier molecular flexibility index (Phi) is 6.39. The molecule has 0 aromatic heterocycles. The SMILES string of the molecule is CCC(C)(C)C(=O)OCc1ccc(C(=O)Oc2ccc(OC)cc2)cc1. The fraction of sp³-hybridized carbons (Fsp3) is 0.333. The Bertz CT molecular complexity index is 745. The van der Waals surface area contributed by atoms with Gasteiger partial charge in [-0.3, -0.25) is 4.79 Å². The third-order valence-corrected chi connectivity index (χ3v) is 4.27. The van der Waals surface area contributed by atoms with E-state index in [1.807, 2.05) is 20.8 Å². The molecule has 0 aliphatic heterocycles. The van der Waals surface area contributed by atoms with Crippen molar-refractivity contribution in [2.45, 2.75) is 33.8 Å². The quantitative estimate of drug-likeness (QED) is 0.544. The van der Waals surface area contributed by atoms with Crippen LogP contribution in [0.25, 0.3) is 0 Å². The molecule has 2 aromatic rings. The molecular weight excluding hydrogens is 332 g/mol. The van der Waals surface area contributed by atoms with Gasteiger partial charge in [0, 0.05) is 0 Å². The summed E-state index contributed by atoms with van der Waals surface area (Å²) in [4.78, 5) is 24.2. The van der Waals surface area contributed by atoms with Crippen LogP contribution in [0.1, 0.15) is 43.1 Å². The van der Waals surface area contributed by atoms with Crippen molar-refractivity contribution < 1.29 is 23.8 Å². The van der Waals surface area contributed by atoms with Crippen LogP contribution in [0, 0.1) is 5.41 Å². The van der Waals surface area contributed by atoms with Crippen LogP contribution in [0.4, 0.5) is 0 Å². The molecule has 2 rings (SSSR count). The standard InChI is InChI=1S/C21H24O5/c1-5-21(2,3)20(23)25-14-15-6-8-16(9-7-15)19(22)26-18-12-10-17(24-4)11-13-18/h6-13H,5,14H2,1-4H3. The molecule has 0 bridgehead atoms. The number of ether oxygens (including phenoxy) is 3. The molecule has 5 nitrogen and oxygen atoms in total. The number of hydrogen-bond acceptors (Lipinski definition) is 5. The van der Waals surface area contributed by atoms with Gasteiger partial charge < -0.3 is 14.2 Å². The van der Waals surface area contributed by atoms with Gasteiger partial charge in [0.15, 0.2) is 0 Å². The number of carbonyl (C=O) groups excluding carboxylic acids is 2. The zero-order valence-electron chi connectivity index (χ0n) is 15.6. The van der Waals surface area contributed by atoms with Crippen molar-refractivity contribution in [2.24, 2.45) is 5.41 Å². The van der Waals surface area contributed by atoms with Gasteiger partial charge in [-0.2, -0.15) is 0 Å². The van der Waals surface area contributed by atoms with E-state index in [1.54, 1.807) is 55.6 Å². The average molecular weight is 356 g/mol. The predicted octanol–water partition coefficient (Wildman–Crippen LogP) is 4.39. The van der Waals surface area contributed by atoms with Gasteiger partial charge in [-0.1, -0.05) is 19.1 Å². The van der Waals surface area contributed by atoms with Gasteiger partial charge in [0.25, 0.3) is 0 Å². The summed E-state index contributed by atoms with van der Waals surface area (Å²) >= 11 is 0. The summed E-state index contributed by atoms with van der Waals surface area (Å²) in [6, 6.07) is 13.6. The van der Waals surface area contributed by atoms with Crippen LogP contribution < -0.4 is 9.47 Å². The molecule has 0 N–H and O–H groups in total. The van der Waals surface area contributed by atoms with E-state index in [4.69, 9.17) is 14.2 Å². The highest BCUT2D eigenvalue weighted by Gasteiger charge is 2.26. The van der Waals surface area contributed by atoms with Crippen molar-refractivity contribution in [1.82, 2.24) is 0 Å². The molecule has 26 heavy (non-hydrogen) atoms. The van der Waals surface area contributed by atoms with Crippen LogP contribution in [-0.2, 0) is 16.1 Å². The van der Waals surface area contributed by atoms with Gasteiger partial charge in [-0.15, -0.1) is 0 Å². The molecule has 5 heteroatoms. The van der Waals surface area contributed by atoms with Crippen molar-refractivity contribution in [2.75, 3.05) is 7.11 Å². The zero-order valence-corrected chi connectivity index (χ0v) is 15.6. The second-order valence-electron chi connectivity index (χ2n) is 6.58. The Balaban J connectivity index is 1.93. The lowest BCUT2D eigenvalue weighted by molar-refractivity contribution is -0.155. The zero-order chi connectivity index (χ0) is 19.2. The highest BCUT2D eigenvalue weighted by molar-refractivity contribution is 5.91. The van der Waals surface area contributed by atoms with E-state index in [0.29, 0.717) is 23.5 Å². The van der Waals surface area contributed by atoms with Gasteiger partial charge in [0.1, 0.15) is 18.1 Å². The minimum atomic E-state index is -0.498. The van der Waals surface area contributed by atoms with Crippen molar-refractivity contribution >= 4 is 11.9 Å². The molecule has 0 aliphatic carbocycles. The van der Waals surface area contributed by atoms with Crippen LogP contribution >= 0.6 is 0 Å². The Labute approximate surface area is 153 Å². The third kappa shape index (κ3) is 5.09. The largest absolute Gasteiger partial charge is 0.497 e. The molecule has 138 valence electrons. The first-order valence-electron chi connectivity index (χ1n) is 8.48. The van der Waals surface area contributed by atoms with E-state index < -0.39 is 11.4 Å². The maximum atomic E-state index is 12.2. The van der Waals surface area contributed by atoms with Gasteiger partial charge in [0.2, 0.25) is 0 Å². The van der Waals surface area contributed by atoms with Crippen molar-refractivity contribution in [3.63, 3.8) is 0 Å². The number of hydrogen-bond donors (Lipinski definition) is 0. The molecule has 0 unspecified atom stereocenters. The fourth-order valence-corrected chi connectivity index (χ4v) is 2.04. The summed E-state index contributed by atoms with van der Waals surface area (Å²) < 4.78 is 15.7. The van der Waals surface area contributed by atoms with Crippen LogP contribution in [0.15, 0.2) is 48.5 Å². The Hall–Kier alpha value is -2.82. The summed E-state index contributed by atoms with van der Waals surface area (Å²) in [6.07, 6.45) is 0.710. The van der Waals surface area contributed by atoms with E-state index >= 15 is 0 Å². The van der Waals surface area contributed by atoms with Crippen LogP contribution in [0.2, 0.25) is 0 Å². The average Bonchev–Trinajstić information content (AvgIpc) is 2.67. The van der Waals surface area contributed by atoms with Crippen LogP contribution in [0.3, 0.4) is 0 Å². The number of benzene rings is 2. The topological polar surface area (TPSA) is 61.8 Å². The fourth-order valence-electron chi connectivity index (χ4n) is 2.04. The first-order valence-corrected chi connectivity index (χ1v) is 8.48. The normalized spacial score (nSPS) is 10.9. The molecule has 0 saturated carbocycles. The summed E-state index contributed by atoms with van der Waals surface area (Å²) in [6.45, 7) is 5.84. The lowest BCUT2D eigenvalue weighted by atomic mass is 9.91. The summed E-state index contributed by atoms with van der Waals surface area (Å²) in [7, 11) is 1.57. The molecule has 0 atom stereocenters. The van der Waals surface area contributed by atoms with E-state index in [9.17, 15) is 9.59 Å². The Morgan fingerprint density at radius 3 is 2.04 bits per heavy atom. The molecule has 2 aromatic carbocycles. The first-order chi connectivity index (χ1) is 12.4. The van der Waals surface area contributed by atoms with Crippen molar-refractivity contribution in [1.29, 1.82) is 0 Å². The van der Waals surface area contributed by atoms with Crippen molar-refractivity contribution in [3.05, 3.63) is 59.7 Å². The molecular formula is C21H24O5. The van der Waals surface area contributed by atoms with Gasteiger partial charge in [-0.25, -0.2) is 4.79 Å². The van der Waals surface area contributed by atoms with Gasteiger partial charge in [-0.05, 0) is 62.2 Å². The number of rotatable bonds is 7. The highest BCUT2D eigenvalue weighted by Crippen LogP contribution is 2.22.